The zero-order chi connectivity index (χ0) is 10.1. The van der Waals surface area contributed by atoms with Crippen LogP contribution in [-0.2, 0) is 0 Å². The minimum atomic E-state index is 0.588. The van der Waals surface area contributed by atoms with Crippen molar-refractivity contribution in [3.63, 3.8) is 0 Å². The predicted molar refractivity (Wildman–Crippen MR) is 71.6 cm³/mol. The quantitative estimate of drug-likeness (QED) is 0.672. The Kier molecular flexibility index (Phi) is 2.79. The maximum absolute atomic E-state index is 5.84. The molecule has 0 N–H and O–H groups in total. The molecule has 0 spiro atoms. The highest BCUT2D eigenvalue weighted by Crippen LogP contribution is 2.23. The van der Waals surface area contributed by atoms with E-state index in [0.717, 1.165) is 5.56 Å². The molecule has 2 heteroatoms. The van der Waals surface area contributed by atoms with Gasteiger partial charge in [-0.3, -0.25) is 0 Å². The molecule has 0 fully saturated rings. The Hall–Kier alpha value is -0.540. The molecular formula is C12H8ClI. The van der Waals surface area contributed by atoms with Crippen LogP contribution in [0.1, 0.15) is 5.56 Å². The van der Waals surface area contributed by atoms with Crippen molar-refractivity contribution in [1.82, 2.24) is 0 Å². The van der Waals surface area contributed by atoms with E-state index in [1.165, 1.54) is 14.3 Å². The monoisotopic (exact) mass is 314 g/mol. The molecule has 2 rings (SSSR count). The molecule has 14 heavy (non-hydrogen) atoms. The van der Waals surface area contributed by atoms with Gasteiger partial charge in [0.1, 0.15) is 0 Å². The first-order chi connectivity index (χ1) is 6.66. The molecule has 0 nitrogen and oxygen atoms in total. The maximum Gasteiger partial charge on any atom is 0.0406 e. The van der Waals surface area contributed by atoms with E-state index in [2.05, 4.69) is 59.5 Å². The first-order valence-corrected chi connectivity index (χ1v) is 5.66. The van der Waals surface area contributed by atoms with Crippen molar-refractivity contribution in [1.29, 1.82) is 0 Å². The summed E-state index contributed by atoms with van der Waals surface area (Å²) >= 11 is 8.15. The van der Waals surface area contributed by atoms with Crippen LogP contribution >= 0.6 is 34.2 Å². The zero-order valence-electron chi connectivity index (χ0n) is 7.43. The second-order valence-corrected chi connectivity index (χ2v) is 4.81. The summed E-state index contributed by atoms with van der Waals surface area (Å²) in [6.45, 7) is 3.71. The van der Waals surface area contributed by atoms with Gasteiger partial charge in [-0.25, -0.2) is 0 Å². The summed E-state index contributed by atoms with van der Waals surface area (Å²) < 4.78 is 1.24. The first-order valence-electron chi connectivity index (χ1n) is 4.21. The standard InChI is InChI=1S/C12H8ClI/c1-8(13)9-2-3-11-7-12(14)5-4-10(11)6-9/h2-7H,1H2. The van der Waals surface area contributed by atoms with Crippen LogP contribution in [-0.4, -0.2) is 0 Å². The second-order valence-electron chi connectivity index (χ2n) is 3.11. The Morgan fingerprint density at radius 1 is 1.07 bits per heavy atom. The van der Waals surface area contributed by atoms with Crippen molar-refractivity contribution >= 4 is 50.0 Å². The fourth-order valence-electron chi connectivity index (χ4n) is 1.39. The van der Waals surface area contributed by atoms with Crippen LogP contribution in [0.25, 0.3) is 15.8 Å². The van der Waals surface area contributed by atoms with E-state index in [4.69, 9.17) is 11.6 Å². The van der Waals surface area contributed by atoms with Crippen LogP contribution in [0.2, 0.25) is 0 Å². The largest absolute Gasteiger partial charge is 0.0843 e. The summed E-state index contributed by atoms with van der Waals surface area (Å²) in [6, 6.07) is 12.5. The molecule has 0 bridgehead atoms. The highest BCUT2D eigenvalue weighted by atomic mass is 127. The van der Waals surface area contributed by atoms with E-state index < -0.39 is 0 Å². The van der Waals surface area contributed by atoms with Gasteiger partial charge in [0.25, 0.3) is 0 Å². The number of hydrogen-bond acceptors (Lipinski definition) is 0. The van der Waals surface area contributed by atoms with Gasteiger partial charge >= 0.3 is 0 Å². The molecule has 70 valence electrons. The molecule has 0 aromatic heterocycles. The highest BCUT2D eigenvalue weighted by molar-refractivity contribution is 14.1. The summed E-state index contributed by atoms with van der Waals surface area (Å²) in [5.74, 6) is 0. The molecule has 0 saturated carbocycles. The van der Waals surface area contributed by atoms with E-state index in [1.54, 1.807) is 0 Å². The third-order valence-corrected chi connectivity index (χ3v) is 3.00. The van der Waals surface area contributed by atoms with Crippen molar-refractivity contribution in [3.8, 4) is 0 Å². The summed E-state index contributed by atoms with van der Waals surface area (Å²) in [5.41, 5.74) is 0.986. The maximum atomic E-state index is 5.84. The number of rotatable bonds is 1. The Labute approximate surface area is 102 Å². The van der Waals surface area contributed by atoms with Gasteiger partial charge in [0.2, 0.25) is 0 Å². The average molecular weight is 315 g/mol. The van der Waals surface area contributed by atoms with Crippen LogP contribution < -0.4 is 0 Å². The third-order valence-electron chi connectivity index (χ3n) is 2.12. The van der Waals surface area contributed by atoms with E-state index in [-0.39, 0.29) is 0 Å². The Bertz CT molecular complexity index is 503. The lowest BCUT2D eigenvalue weighted by Gasteiger charge is -2.02. The second kappa shape index (κ2) is 3.91. The number of hydrogen-bond donors (Lipinski definition) is 0. The molecule has 0 saturated heterocycles. The lowest BCUT2D eigenvalue weighted by molar-refractivity contribution is 1.67. The summed E-state index contributed by atoms with van der Waals surface area (Å²) in [5, 5.41) is 3.02. The lowest BCUT2D eigenvalue weighted by atomic mass is 10.1. The molecule has 0 aliphatic rings. The minimum absolute atomic E-state index is 0.588. The van der Waals surface area contributed by atoms with Gasteiger partial charge in [0, 0.05) is 8.60 Å². The number of fused-ring (bicyclic) bond motifs is 1. The Balaban J connectivity index is 2.67. The van der Waals surface area contributed by atoms with Gasteiger partial charge in [-0.1, -0.05) is 36.4 Å². The van der Waals surface area contributed by atoms with Crippen LogP contribution in [0.15, 0.2) is 43.0 Å². The molecular weight excluding hydrogens is 306 g/mol. The Morgan fingerprint density at radius 2 is 1.71 bits per heavy atom. The zero-order valence-corrected chi connectivity index (χ0v) is 10.3. The van der Waals surface area contributed by atoms with Gasteiger partial charge in [0.15, 0.2) is 0 Å². The third kappa shape index (κ3) is 1.93. The molecule has 2 aromatic rings. The lowest BCUT2D eigenvalue weighted by Crippen LogP contribution is -1.79. The molecule has 0 atom stereocenters. The van der Waals surface area contributed by atoms with Crippen LogP contribution in [0.4, 0.5) is 0 Å². The smallest absolute Gasteiger partial charge is 0.0406 e. The molecule has 0 aliphatic carbocycles. The summed E-state index contributed by atoms with van der Waals surface area (Å²) in [6.07, 6.45) is 0. The highest BCUT2D eigenvalue weighted by Gasteiger charge is 1.98. The van der Waals surface area contributed by atoms with Gasteiger partial charge in [-0.05, 0) is 57.1 Å². The Morgan fingerprint density at radius 3 is 2.43 bits per heavy atom. The number of benzene rings is 2. The van der Waals surface area contributed by atoms with E-state index in [9.17, 15) is 0 Å². The fraction of sp³-hybridized carbons (Fsp3) is 0. The van der Waals surface area contributed by atoms with Gasteiger partial charge in [0.05, 0.1) is 0 Å². The normalized spacial score (nSPS) is 10.4. The average Bonchev–Trinajstić information content (AvgIpc) is 2.16. The van der Waals surface area contributed by atoms with Gasteiger partial charge in [-0.2, -0.15) is 0 Å². The molecule has 0 unspecified atom stereocenters. The molecule has 0 heterocycles. The summed E-state index contributed by atoms with van der Waals surface area (Å²) in [4.78, 5) is 0. The van der Waals surface area contributed by atoms with Crippen LogP contribution in [0.3, 0.4) is 0 Å². The molecule has 2 aromatic carbocycles. The number of halogens is 2. The molecule has 0 aliphatic heterocycles. The van der Waals surface area contributed by atoms with E-state index >= 15 is 0 Å². The van der Waals surface area contributed by atoms with Gasteiger partial charge < -0.3 is 0 Å². The first kappa shape index (κ1) is 9.99. The van der Waals surface area contributed by atoms with E-state index in [0.29, 0.717) is 5.03 Å². The molecule has 0 amide bonds. The van der Waals surface area contributed by atoms with Crippen LogP contribution in [0, 0.1) is 3.57 Å². The summed E-state index contributed by atoms with van der Waals surface area (Å²) in [7, 11) is 0. The molecule has 0 radical (unpaired) electrons. The van der Waals surface area contributed by atoms with Crippen molar-refractivity contribution in [2.75, 3.05) is 0 Å². The van der Waals surface area contributed by atoms with Gasteiger partial charge in [-0.15, -0.1) is 0 Å². The van der Waals surface area contributed by atoms with Crippen molar-refractivity contribution < 1.29 is 0 Å². The predicted octanol–water partition coefficient (Wildman–Crippen LogP) is 4.65. The topological polar surface area (TPSA) is 0 Å². The SMILES string of the molecule is C=C(Cl)c1ccc2cc(I)ccc2c1. The van der Waals surface area contributed by atoms with Crippen molar-refractivity contribution in [2.45, 2.75) is 0 Å². The fourth-order valence-corrected chi connectivity index (χ4v) is 2.02. The van der Waals surface area contributed by atoms with Crippen molar-refractivity contribution in [2.24, 2.45) is 0 Å². The van der Waals surface area contributed by atoms with Crippen LogP contribution in [0.5, 0.6) is 0 Å². The van der Waals surface area contributed by atoms with Crippen molar-refractivity contribution in [3.05, 3.63) is 52.1 Å². The van der Waals surface area contributed by atoms with E-state index in [1.807, 2.05) is 6.07 Å². The minimum Gasteiger partial charge on any atom is -0.0843 e.